The standard InChI is InChI=1S/C22H18N6O2/c1-14-9-10-16-6-4-7-17(19(16)25-14)26-21-20(28(29)30)22(24-13-23-21)27-12-11-15-5-2-3-8-18(15)27/h2-10,13H,11-12H2,1H3,(H,23,24,26). The Balaban J connectivity index is 1.62. The van der Waals surface area contributed by atoms with Crippen LogP contribution in [0.4, 0.5) is 28.7 Å². The molecule has 3 heterocycles. The van der Waals surface area contributed by atoms with E-state index in [4.69, 9.17) is 0 Å². The first-order valence-corrected chi connectivity index (χ1v) is 9.60. The summed E-state index contributed by atoms with van der Waals surface area (Å²) in [5.74, 6) is 0.428. The molecule has 0 aliphatic carbocycles. The van der Waals surface area contributed by atoms with Crippen molar-refractivity contribution in [2.24, 2.45) is 0 Å². The van der Waals surface area contributed by atoms with Crippen molar-refractivity contribution < 1.29 is 4.92 Å². The summed E-state index contributed by atoms with van der Waals surface area (Å²) in [4.78, 5) is 26.6. The molecule has 1 aliphatic heterocycles. The number of fused-ring (bicyclic) bond motifs is 2. The summed E-state index contributed by atoms with van der Waals surface area (Å²) in [5.41, 5.74) is 4.19. The van der Waals surface area contributed by atoms with Crippen LogP contribution in [0.5, 0.6) is 0 Å². The summed E-state index contributed by atoms with van der Waals surface area (Å²) in [7, 11) is 0. The Morgan fingerprint density at radius 1 is 1.07 bits per heavy atom. The molecule has 1 aliphatic rings. The predicted octanol–water partition coefficient (Wildman–Crippen LogP) is 4.68. The lowest BCUT2D eigenvalue weighted by Crippen LogP contribution is -2.17. The maximum atomic E-state index is 12.1. The molecule has 0 radical (unpaired) electrons. The molecule has 1 N–H and O–H groups in total. The zero-order valence-electron chi connectivity index (χ0n) is 16.2. The summed E-state index contributed by atoms with van der Waals surface area (Å²) in [6, 6.07) is 17.5. The molecule has 0 saturated heterocycles. The van der Waals surface area contributed by atoms with Gasteiger partial charge in [-0.15, -0.1) is 0 Å². The van der Waals surface area contributed by atoms with Crippen molar-refractivity contribution in [2.75, 3.05) is 16.8 Å². The number of anilines is 4. The topological polar surface area (TPSA) is 97.1 Å². The summed E-state index contributed by atoms with van der Waals surface area (Å²) >= 11 is 0. The number of nitrogens with zero attached hydrogens (tertiary/aromatic N) is 5. The molecule has 2 aromatic heterocycles. The van der Waals surface area contributed by atoms with Gasteiger partial charge in [0, 0.05) is 23.3 Å². The molecule has 2 aromatic carbocycles. The van der Waals surface area contributed by atoms with E-state index in [0.29, 0.717) is 12.2 Å². The molecule has 0 atom stereocenters. The highest BCUT2D eigenvalue weighted by atomic mass is 16.6. The van der Waals surface area contributed by atoms with Crippen LogP contribution in [0.25, 0.3) is 10.9 Å². The lowest BCUT2D eigenvalue weighted by Gasteiger charge is -2.19. The molecule has 8 heteroatoms. The van der Waals surface area contributed by atoms with E-state index in [0.717, 1.165) is 34.3 Å². The van der Waals surface area contributed by atoms with Gasteiger partial charge < -0.3 is 10.2 Å². The Labute approximate surface area is 172 Å². The van der Waals surface area contributed by atoms with Crippen molar-refractivity contribution in [3.05, 3.63) is 82.3 Å². The third-order valence-corrected chi connectivity index (χ3v) is 5.24. The normalized spacial score (nSPS) is 12.8. The largest absolute Gasteiger partial charge is 0.354 e. The maximum absolute atomic E-state index is 12.1. The number of aromatic nitrogens is 3. The van der Waals surface area contributed by atoms with E-state index >= 15 is 0 Å². The van der Waals surface area contributed by atoms with Gasteiger partial charge in [0.05, 0.1) is 16.1 Å². The van der Waals surface area contributed by atoms with E-state index in [-0.39, 0.29) is 17.3 Å². The van der Waals surface area contributed by atoms with Gasteiger partial charge in [-0.2, -0.15) is 0 Å². The van der Waals surface area contributed by atoms with Gasteiger partial charge in [-0.1, -0.05) is 36.4 Å². The van der Waals surface area contributed by atoms with Crippen molar-refractivity contribution in [3.8, 4) is 0 Å². The van der Waals surface area contributed by atoms with E-state index in [2.05, 4.69) is 20.3 Å². The molecule has 0 bridgehead atoms. The van der Waals surface area contributed by atoms with Gasteiger partial charge in [-0.3, -0.25) is 15.1 Å². The maximum Gasteiger partial charge on any atom is 0.354 e. The van der Waals surface area contributed by atoms with Gasteiger partial charge in [0.1, 0.15) is 6.33 Å². The van der Waals surface area contributed by atoms with Gasteiger partial charge >= 0.3 is 5.69 Å². The van der Waals surface area contributed by atoms with Gasteiger partial charge in [-0.05, 0) is 37.1 Å². The highest BCUT2D eigenvalue weighted by Crippen LogP contribution is 2.41. The van der Waals surface area contributed by atoms with Crippen LogP contribution in [0.1, 0.15) is 11.3 Å². The van der Waals surface area contributed by atoms with Crippen LogP contribution >= 0.6 is 0 Å². The van der Waals surface area contributed by atoms with Crippen molar-refractivity contribution in [2.45, 2.75) is 13.3 Å². The molecule has 30 heavy (non-hydrogen) atoms. The number of aryl methyl sites for hydroxylation is 1. The first-order chi connectivity index (χ1) is 14.6. The van der Waals surface area contributed by atoms with Crippen molar-refractivity contribution in [1.82, 2.24) is 15.0 Å². The quantitative estimate of drug-likeness (QED) is 0.394. The average Bonchev–Trinajstić information content (AvgIpc) is 3.18. The van der Waals surface area contributed by atoms with Crippen molar-refractivity contribution >= 4 is 39.6 Å². The number of hydrogen-bond acceptors (Lipinski definition) is 7. The van der Waals surface area contributed by atoms with E-state index in [9.17, 15) is 10.1 Å². The zero-order valence-corrected chi connectivity index (χ0v) is 16.2. The fraction of sp³-hybridized carbons (Fsp3) is 0.136. The van der Waals surface area contributed by atoms with Crippen LogP contribution < -0.4 is 10.2 Å². The van der Waals surface area contributed by atoms with Gasteiger partial charge in [-0.25, -0.2) is 9.97 Å². The fourth-order valence-electron chi connectivity index (χ4n) is 3.86. The Morgan fingerprint density at radius 2 is 1.93 bits per heavy atom. The molecule has 0 spiro atoms. The molecule has 0 unspecified atom stereocenters. The number of rotatable bonds is 4. The minimum atomic E-state index is -0.428. The van der Waals surface area contributed by atoms with Crippen LogP contribution in [0, 0.1) is 17.0 Å². The highest BCUT2D eigenvalue weighted by Gasteiger charge is 2.31. The second-order valence-corrected chi connectivity index (χ2v) is 7.14. The molecule has 148 valence electrons. The third-order valence-electron chi connectivity index (χ3n) is 5.24. The predicted molar refractivity (Wildman–Crippen MR) is 116 cm³/mol. The summed E-state index contributed by atoms with van der Waals surface area (Å²) in [6.45, 7) is 2.54. The van der Waals surface area contributed by atoms with E-state index in [1.807, 2.05) is 66.4 Å². The molecule has 0 amide bonds. The molecular formula is C22H18N6O2. The lowest BCUT2D eigenvalue weighted by atomic mass is 10.1. The summed E-state index contributed by atoms with van der Waals surface area (Å²) in [5, 5.41) is 16.1. The molecule has 5 rings (SSSR count). The van der Waals surface area contributed by atoms with E-state index < -0.39 is 4.92 Å². The zero-order chi connectivity index (χ0) is 20.7. The van der Waals surface area contributed by atoms with Crippen molar-refractivity contribution in [3.63, 3.8) is 0 Å². The summed E-state index contributed by atoms with van der Waals surface area (Å²) < 4.78 is 0. The van der Waals surface area contributed by atoms with Gasteiger partial charge in [0.15, 0.2) is 0 Å². The number of nitro groups is 1. The fourth-order valence-corrected chi connectivity index (χ4v) is 3.86. The summed E-state index contributed by atoms with van der Waals surface area (Å²) in [6.07, 6.45) is 2.17. The van der Waals surface area contributed by atoms with E-state index in [1.165, 1.54) is 6.33 Å². The van der Waals surface area contributed by atoms with Crippen LogP contribution in [0.15, 0.2) is 60.9 Å². The molecular weight excluding hydrogens is 380 g/mol. The van der Waals surface area contributed by atoms with E-state index in [1.54, 1.807) is 0 Å². The lowest BCUT2D eigenvalue weighted by molar-refractivity contribution is -0.383. The smallest absolute Gasteiger partial charge is 0.332 e. The SMILES string of the molecule is Cc1ccc2cccc(Nc3ncnc(N4CCc5ccccc54)c3[N+](=O)[O-])c2n1. The first kappa shape index (κ1) is 18.0. The van der Waals surface area contributed by atoms with Crippen LogP contribution in [0.3, 0.4) is 0 Å². The molecule has 0 saturated carbocycles. The highest BCUT2D eigenvalue weighted by molar-refractivity contribution is 5.93. The van der Waals surface area contributed by atoms with Crippen LogP contribution in [-0.2, 0) is 6.42 Å². The number of nitrogens with one attached hydrogen (secondary N) is 1. The number of pyridine rings is 1. The Hall–Kier alpha value is -4.07. The van der Waals surface area contributed by atoms with Gasteiger partial charge in [0.2, 0.25) is 11.6 Å². The second kappa shape index (κ2) is 7.07. The Morgan fingerprint density at radius 3 is 2.80 bits per heavy atom. The monoisotopic (exact) mass is 398 g/mol. The number of para-hydroxylation sites is 2. The van der Waals surface area contributed by atoms with Crippen LogP contribution in [0.2, 0.25) is 0 Å². The third kappa shape index (κ3) is 2.98. The number of benzene rings is 2. The van der Waals surface area contributed by atoms with Gasteiger partial charge in [0.25, 0.3) is 0 Å². The molecule has 0 fully saturated rings. The van der Waals surface area contributed by atoms with Crippen LogP contribution in [-0.4, -0.2) is 26.4 Å². The second-order valence-electron chi connectivity index (χ2n) is 7.14. The Kier molecular flexibility index (Phi) is 4.24. The van der Waals surface area contributed by atoms with Crippen molar-refractivity contribution in [1.29, 1.82) is 0 Å². The minimum absolute atomic E-state index is 0.144. The first-order valence-electron chi connectivity index (χ1n) is 9.60. The Bertz CT molecular complexity index is 1290. The molecule has 4 aromatic rings. The average molecular weight is 398 g/mol. The molecule has 8 nitrogen and oxygen atoms in total. The number of hydrogen-bond donors (Lipinski definition) is 1. The minimum Gasteiger partial charge on any atom is -0.332 e.